The highest BCUT2D eigenvalue weighted by Gasteiger charge is 2.45. The third kappa shape index (κ3) is 8.03. The van der Waals surface area contributed by atoms with E-state index in [0.717, 1.165) is 40.9 Å². The van der Waals surface area contributed by atoms with Gasteiger partial charge in [-0.1, -0.05) is 30.3 Å². The smallest absolute Gasteiger partial charge is 0.249 e. The summed E-state index contributed by atoms with van der Waals surface area (Å²) in [4.78, 5) is 65.8. The van der Waals surface area contributed by atoms with Gasteiger partial charge in [0.05, 0.1) is 24.5 Å². The van der Waals surface area contributed by atoms with Gasteiger partial charge in [-0.2, -0.15) is 10.1 Å². The van der Waals surface area contributed by atoms with Crippen LogP contribution in [-0.4, -0.2) is 103 Å². The van der Waals surface area contributed by atoms with E-state index >= 15 is 0 Å². The molecule has 5 heterocycles. The summed E-state index contributed by atoms with van der Waals surface area (Å²) in [6.45, 7) is 9.91. The Balaban J connectivity index is 0.821. The normalized spacial score (nSPS) is 20.4. The maximum atomic E-state index is 13.5. The van der Waals surface area contributed by atoms with Crippen LogP contribution in [-0.2, 0) is 43.9 Å². The fourth-order valence-electron chi connectivity index (χ4n) is 8.46. The molecule has 0 saturated carbocycles. The average molecular weight is 787 g/mol. The van der Waals surface area contributed by atoms with Crippen LogP contribution in [0.2, 0.25) is 0 Å². The Hall–Kier alpha value is -6.09. The lowest BCUT2D eigenvalue weighted by Crippen LogP contribution is -2.53. The zero-order valence-electron chi connectivity index (χ0n) is 33.5. The van der Waals surface area contributed by atoms with Gasteiger partial charge in [-0.25, -0.2) is 9.67 Å². The number of para-hydroxylation sites is 1. The molecule has 0 spiro atoms. The molecule has 2 aromatic heterocycles. The minimum Gasteiger partial charge on any atom is -0.494 e. The zero-order valence-corrected chi connectivity index (χ0v) is 33.5. The van der Waals surface area contributed by atoms with Crippen molar-refractivity contribution in [1.29, 1.82) is 0 Å². The molecule has 4 aliphatic rings. The first-order valence-electron chi connectivity index (χ1n) is 20.1. The van der Waals surface area contributed by atoms with Crippen molar-refractivity contribution in [2.24, 2.45) is 18.9 Å². The van der Waals surface area contributed by atoms with E-state index in [1.807, 2.05) is 49.2 Å². The maximum absolute atomic E-state index is 13.5. The van der Waals surface area contributed by atoms with Crippen LogP contribution in [0.5, 0.6) is 0 Å². The number of aryl methyl sites for hydroxylation is 3. The molecule has 0 radical (unpaired) electrons. The maximum Gasteiger partial charge on any atom is 0.249 e. The van der Waals surface area contributed by atoms with Gasteiger partial charge < -0.3 is 25.2 Å². The van der Waals surface area contributed by atoms with Crippen LogP contribution >= 0.6 is 0 Å². The number of hydrogen-bond donors (Lipinski definition) is 3. The Morgan fingerprint density at radius 2 is 1.90 bits per heavy atom. The van der Waals surface area contributed by atoms with Crippen LogP contribution in [0.4, 0.5) is 23.1 Å². The Kier molecular flexibility index (Phi) is 11.0. The van der Waals surface area contributed by atoms with E-state index in [1.54, 1.807) is 15.8 Å². The first-order valence-corrected chi connectivity index (χ1v) is 20.1. The predicted molar refractivity (Wildman–Crippen MR) is 219 cm³/mol. The number of nitrogens with one attached hydrogen (secondary N) is 3. The van der Waals surface area contributed by atoms with Crippen molar-refractivity contribution in [3.63, 3.8) is 0 Å². The van der Waals surface area contributed by atoms with E-state index in [1.165, 1.54) is 11.1 Å². The van der Waals surface area contributed by atoms with Gasteiger partial charge in [0.25, 0.3) is 0 Å². The molecule has 3 atom stereocenters. The van der Waals surface area contributed by atoms with Gasteiger partial charge >= 0.3 is 0 Å². The van der Waals surface area contributed by atoms with Crippen molar-refractivity contribution >= 4 is 57.8 Å². The number of piperidine rings is 1. The Morgan fingerprint density at radius 1 is 1.07 bits per heavy atom. The highest BCUT2D eigenvalue weighted by Crippen LogP contribution is 2.35. The number of anilines is 4. The van der Waals surface area contributed by atoms with Crippen molar-refractivity contribution in [1.82, 2.24) is 39.8 Å². The minimum atomic E-state index is -0.615. The number of amides is 4. The molecule has 15 nitrogen and oxygen atoms in total. The summed E-state index contributed by atoms with van der Waals surface area (Å²) in [7, 11) is 1.88. The fourth-order valence-corrected chi connectivity index (χ4v) is 8.46. The summed E-state index contributed by atoms with van der Waals surface area (Å²) in [5.74, 6) is 0.631. The van der Waals surface area contributed by atoms with Crippen LogP contribution in [0.3, 0.4) is 0 Å². The standard InChI is InChI=1S/C43H50N10O5/c1-5-52(17-7-19-58-32-13-11-29-24-53(42(57)33(29)21-32)35-14-15-36(54)46-41(35)56)37(55)25-51-18-16-28-10-12-31(20-30(28)23-51)45-43-44-22-34-39(49-50(4)40(34)48-43)47-38-26(2)8-6-9-27(38)3/h6,8-13,20-22,29,33,35H,5,7,14-19,23-25H2,1-4H3,(H,47,49)(H,44,45,48)(H,46,54,56). The predicted octanol–water partition coefficient (Wildman–Crippen LogP) is 4.41. The molecule has 15 heteroatoms. The van der Waals surface area contributed by atoms with Gasteiger partial charge in [0.15, 0.2) is 11.5 Å². The molecule has 4 amide bonds. The van der Waals surface area contributed by atoms with Crippen molar-refractivity contribution < 1.29 is 23.9 Å². The highest BCUT2D eigenvalue weighted by molar-refractivity contribution is 6.02. The van der Waals surface area contributed by atoms with Crippen molar-refractivity contribution in [3.8, 4) is 0 Å². The molecule has 3 N–H and O–H groups in total. The molecule has 0 bridgehead atoms. The van der Waals surface area contributed by atoms with E-state index in [-0.39, 0.29) is 30.1 Å². The number of likely N-dealkylation sites (tertiary alicyclic amines) is 1. The van der Waals surface area contributed by atoms with Crippen LogP contribution in [0.1, 0.15) is 48.4 Å². The molecule has 302 valence electrons. The SMILES string of the molecule is CCN(CCCOC1=CC2C(=O)N(C3CCC(=O)NC3=O)CC2C=C1)C(=O)CN1CCc2ccc(Nc3ncc4c(Nc5c(C)cccc5C)nn(C)c4n3)cc2C1. The number of carbonyl (C=O) groups is 4. The summed E-state index contributed by atoms with van der Waals surface area (Å²) in [6, 6.07) is 11.9. The van der Waals surface area contributed by atoms with Crippen LogP contribution < -0.4 is 16.0 Å². The first-order chi connectivity index (χ1) is 28.0. The fraction of sp³-hybridized carbons (Fsp3) is 0.419. The number of carbonyl (C=O) groups excluding carboxylic acids is 4. The number of fused-ring (bicyclic) bond motifs is 3. The molecule has 1 aliphatic carbocycles. The molecule has 2 fully saturated rings. The van der Waals surface area contributed by atoms with E-state index < -0.39 is 17.9 Å². The van der Waals surface area contributed by atoms with Gasteiger partial charge in [-0.15, -0.1) is 0 Å². The number of ether oxygens (including phenoxy) is 1. The summed E-state index contributed by atoms with van der Waals surface area (Å²) in [5, 5.41) is 14.7. The van der Waals surface area contributed by atoms with Gasteiger partial charge in [0.1, 0.15) is 11.8 Å². The second kappa shape index (κ2) is 16.4. The number of likely N-dealkylation sites (N-methyl/N-ethyl adjacent to an activating group) is 1. The molecule has 3 unspecified atom stereocenters. The summed E-state index contributed by atoms with van der Waals surface area (Å²) < 4.78 is 7.80. The average Bonchev–Trinajstić information content (AvgIpc) is 3.70. The molecule has 2 aromatic carbocycles. The number of rotatable bonds is 13. The van der Waals surface area contributed by atoms with Crippen LogP contribution in [0.25, 0.3) is 11.0 Å². The Labute approximate surface area is 337 Å². The van der Waals surface area contributed by atoms with E-state index in [4.69, 9.17) is 14.8 Å². The van der Waals surface area contributed by atoms with Gasteiger partial charge in [-0.05, 0) is 86.6 Å². The third-order valence-electron chi connectivity index (χ3n) is 11.7. The van der Waals surface area contributed by atoms with E-state index in [9.17, 15) is 19.2 Å². The van der Waals surface area contributed by atoms with E-state index in [0.29, 0.717) is 75.3 Å². The third-order valence-corrected chi connectivity index (χ3v) is 11.7. The molecule has 8 rings (SSSR count). The highest BCUT2D eigenvalue weighted by atomic mass is 16.5. The number of benzene rings is 2. The Bertz CT molecular complexity index is 2310. The van der Waals surface area contributed by atoms with Crippen LogP contribution in [0.15, 0.2) is 66.6 Å². The summed E-state index contributed by atoms with van der Waals surface area (Å²) >= 11 is 0. The van der Waals surface area contributed by atoms with Gasteiger partial charge in [0, 0.05) is 69.7 Å². The second-order valence-electron chi connectivity index (χ2n) is 15.6. The number of allylic oxidation sites excluding steroid dienone is 1. The number of hydrogen-bond acceptors (Lipinski definition) is 11. The number of nitrogens with zero attached hydrogens (tertiary/aromatic N) is 7. The van der Waals surface area contributed by atoms with Gasteiger partial charge in [0.2, 0.25) is 29.6 Å². The molecule has 3 aliphatic heterocycles. The molecular weight excluding hydrogens is 737 g/mol. The summed E-state index contributed by atoms with van der Waals surface area (Å²) in [6.07, 6.45) is 9.56. The minimum absolute atomic E-state index is 0.0364. The van der Waals surface area contributed by atoms with Crippen molar-refractivity contribution in [2.45, 2.75) is 59.0 Å². The lowest BCUT2D eigenvalue weighted by Gasteiger charge is -2.31. The molecule has 4 aromatic rings. The number of imide groups is 1. The second-order valence-corrected chi connectivity index (χ2v) is 15.6. The Morgan fingerprint density at radius 3 is 2.69 bits per heavy atom. The lowest BCUT2D eigenvalue weighted by atomic mass is 9.91. The quantitative estimate of drug-likeness (QED) is 0.130. The van der Waals surface area contributed by atoms with Crippen molar-refractivity contribution in [3.05, 3.63) is 88.8 Å². The van der Waals surface area contributed by atoms with Crippen LogP contribution in [0, 0.1) is 25.7 Å². The zero-order chi connectivity index (χ0) is 40.5. The molecule has 2 saturated heterocycles. The van der Waals surface area contributed by atoms with Gasteiger partial charge in [-0.3, -0.25) is 29.4 Å². The molecular formula is C43H50N10O5. The number of aromatic nitrogens is 4. The first kappa shape index (κ1) is 38.8. The largest absolute Gasteiger partial charge is 0.494 e. The summed E-state index contributed by atoms with van der Waals surface area (Å²) in [5.41, 5.74) is 7.32. The van der Waals surface area contributed by atoms with E-state index in [2.05, 4.69) is 63.9 Å². The van der Waals surface area contributed by atoms with Crippen molar-refractivity contribution in [2.75, 3.05) is 50.0 Å². The topological polar surface area (TPSA) is 167 Å². The molecule has 58 heavy (non-hydrogen) atoms. The monoisotopic (exact) mass is 786 g/mol. The lowest BCUT2D eigenvalue weighted by molar-refractivity contribution is -0.144.